The molecule has 3 aromatic rings. The van der Waals surface area contributed by atoms with E-state index in [0.29, 0.717) is 12.0 Å². The van der Waals surface area contributed by atoms with Crippen molar-refractivity contribution in [3.05, 3.63) is 88.6 Å². The molecule has 0 unspecified atom stereocenters. The van der Waals surface area contributed by atoms with Crippen molar-refractivity contribution in [2.45, 2.75) is 24.7 Å². The van der Waals surface area contributed by atoms with E-state index in [4.69, 9.17) is 10.5 Å². The van der Waals surface area contributed by atoms with Crippen LogP contribution in [0.1, 0.15) is 33.5 Å². The Morgan fingerprint density at radius 1 is 1.09 bits per heavy atom. The number of carbonyl (C=O) groups is 1. The number of carbonyl (C=O) groups excluding carboxylic acids is 1. The van der Waals surface area contributed by atoms with Crippen LogP contribution in [0.25, 0.3) is 16.7 Å². The van der Waals surface area contributed by atoms with Gasteiger partial charge in [-0.05, 0) is 60.9 Å². The highest BCUT2D eigenvalue weighted by molar-refractivity contribution is 7.98. The lowest BCUT2D eigenvalue weighted by atomic mass is 9.81. The molecule has 0 fully saturated rings. The number of benzene rings is 3. The summed E-state index contributed by atoms with van der Waals surface area (Å²) in [5.74, 6) is -0.360. The van der Waals surface area contributed by atoms with Crippen LogP contribution < -0.4 is 5.73 Å². The molecule has 0 atom stereocenters. The van der Waals surface area contributed by atoms with Crippen LogP contribution in [0.15, 0.2) is 76.2 Å². The lowest BCUT2D eigenvalue weighted by molar-refractivity contribution is 0.0596. The fourth-order valence-corrected chi connectivity index (χ4v) is 4.69. The highest BCUT2D eigenvalue weighted by atomic mass is 32.2. The Labute approximate surface area is 193 Å². The summed E-state index contributed by atoms with van der Waals surface area (Å²) in [4.78, 5) is 18.5. The van der Waals surface area contributed by atoms with Gasteiger partial charge in [0.25, 0.3) is 0 Å². The normalized spacial score (nSPS) is 13.3. The van der Waals surface area contributed by atoms with Gasteiger partial charge in [-0.25, -0.2) is 4.79 Å². The fourth-order valence-electron chi connectivity index (χ4n) is 4.07. The molecule has 0 amide bonds. The van der Waals surface area contributed by atoms with Gasteiger partial charge in [0.1, 0.15) is 0 Å². The van der Waals surface area contributed by atoms with Gasteiger partial charge in [0.15, 0.2) is 0 Å². The van der Waals surface area contributed by atoms with Crippen molar-refractivity contribution in [1.82, 2.24) is 0 Å². The van der Waals surface area contributed by atoms with Crippen LogP contribution in [0.3, 0.4) is 0 Å². The zero-order valence-electron chi connectivity index (χ0n) is 18.5. The first-order valence-corrected chi connectivity index (χ1v) is 11.7. The van der Waals surface area contributed by atoms with Gasteiger partial charge in [-0.3, -0.25) is 4.99 Å². The Hall–Kier alpha value is -3.31. The second kappa shape index (κ2) is 9.45. The molecule has 0 saturated carbocycles. The van der Waals surface area contributed by atoms with E-state index in [1.807, 2.05) is 36.6 Å². The predicted octanol–water partition coefficient (Wildman–Crippen LogP) is 6.19. The molecule has 162 valence electrons. The van der Waals surface area contributed by atoms with Crippen LogP contribution in [0.4, 0.5) is 5.69 Å². The number of rotatable bonds is 5. The third-order valence-corrected chi connectivity index (χ3v) is 6.49. The van der Waals surface area contributed by atoms with Crippen molar-refractivity contribution in [2.75, 3.05) is 13.4 Å². The van der Waals surface area contributed by atoms with Crippen molar-refractivity contribution in [3.8, 4) is 11.1 Å². The van der Waals surface area contributed by atoms with Crippen LogP contribution >= 0.6 is 11.8 Å². The number of fused-ring (bicyclic) bond motifs is 1. The monoisotopic (exact) mass is 442 g/mol. The van der Waals surface area contributed by atoms with E-state index in [2.05, 4.69) is 42.2 Å². The van der Waals surface area contributed by atoms with Gasteiger partial charge in [-0.2, -0.15) is 0 Å². The maximum absolute atomic E-state index is 12.9. The average Bonchev–Trinajstić information content (AvgIpc) is 2.83. The van der Waals surface area contributed by atoms with E-state index in [1.54, 1.807) is 6.21 Å². The molecule has 3 aromatic carbocycles. The standard InChI is InChI=1S/C27H26N2O2S/c1-17-9-11-18(12-10-17)21-15-24(32-3)26(27(30)31-2)25-20(21)13-14-23(28)22(25)16-29-19-7-5-4-6-8-19/h4-12,15-16H,13-14,28H2,1-3H3. The molecule has 0 heterocycles. The van der Waals surface area contributed by atoms with E-state index in [9.17, 15) is 4.79 Å². The second-order valence-electron chi connectivity index (χ2n) is 7.75. The quantitative estimate of drug-likeness (QED) is 0.291. The largest absolute Gasteiger partial charge is 0.465 e. The number of hydrogen-bond acceptors (Lipinski definition) is 5. The number of hydrogen-bond donors (Lipinski definition) is 1. The third-order valence-electron chi connectivity index (χ3n) is 5.73. The molecular weight excluding hydrogens is 416 g/mol. The van der Waals surface area contributed by atoms with Crippen LogP contribution in [-0.2, 0) is 11.2 Å². The van der Waals surface area contributed by atoms with Crippen LogP contribution in [0, 0.1) is 6.92 Å². The number of ether oxygens (including phenoxy) is 1. The van der Waals surface area contributed by atoms with Crippen LogP contribution in [0.5, 0.6) is 0 Å². The van der Waals surface area contributed by atoms with Crippen molar-refractivity contribution < 1.29 is 9.53 Å². The highest BCUT2D eigenvalue weighted by Gasteiger charge is 2.29. The lowest BCUT2D eigenvalue weighted by Gasteiger charge is -2.26. The molecule has 2 N–H and O–H groups in total. The first-order valence-electron chi connectivity index (χ1n) is 10.5. The van der Waals surface area contributed by atoms with E-state index in [-0.39, 0.29) is 5.97 Å². The minimum atomic E-state index is -0.360. The first kappa shape index (κ1) is 21.9. The van der Waals surface area contributed by atoms with Crippen LogP contribution in [0.2, 0.25) is 0 Å². The minimum Gasteiger partial charge on any atom is -0.465 e. The molecule has 0 bridgehead atoms. The van der Waals surface area contributed by atoms with Gasteiger partial charge < -0.3 is 10.5 Å². The highest BCUT2D eigenvalue weighted by Crippen LogP contribution is 2.42. The Balaban J connectivity index is 1.98. The van der Waals surface area contributed by atoms with Crippen molar-refractivity contribution in [1.29, 1.82) is 0 Å². The van der Waals surface area contributed by atoms with Gasteiger partial charge >= 0.3 is 5.97 Å². The molecule has 1 aliphatic rings. The van der Waals surface area contributed by atoms with Crippen molar-refractivity contribution >= 4 is 35.2 Å². The summed E-state index contributed by atoms with van der Waals surface area (Å²) >= 11 is 1.53. The second-order valence-corrected chi connectivity index (χ2v) is 8.59. The average molecular weight is 443 g/mol. The van der Waals surface area contributed by atoms with E-state index in [0.717, 1.165) is 50.5 Å². The van der Waals surface area contributed by atoms with Gasteiger partial charge in [-0.15, -0.1) is 11.8 Å². The molecule has 4 nitrogen and oxygen atoms in total. The van der Waals surface area contributed by atoms with E-state index < -0.39 is 0 Å². The molecule has 0 aliphatic heterocycles. The molecule has 0 radical (unpaired) electrons. The summed E-state index contributed by atoms with van der Waals surface area (Å²) in [5.41, 5.74) is 14.8. The molecule has 4 rings (SSSR count). The lowest BCUT2D eigenvalue weighted by Crippen LogP contribution is -2.18. The fraction of sp³-hybridized carbons (Fsp3) is 0.185. The van der Waals surface area contributed by atoms with Gasteiger partial charge in [0, 0.05) is 27.9 Å². The van der Waals surface area contributed by atoms with Gasteiger partial charge in [0.05, 0.1) is 18.4 Å². The summed E-state index contributed by atoms with van der Waals surface area (Å²) in [7, 11) is 1.42. The number of para-hydroxylation sites is 1. The maximum atomic E-state index is 12.9. The van der Waals surface area contributed by atoms with Crippen LogP contribution in [-0.4, -0.2) is 25.5 Å². The predicted molar refractivity (Wildman–Crippen MR) is 134 cm³/mol. The summed E-state index contributed by atoms with van der Waals surface area (Å²) in [6.45, 7) is 2.08. The zero-order valence-corrected chi connectivity index (χ0v) is 19.3. The Morgan fingerprint density at radius 3 is 2.47 bits per heavy atom. The number of thioether (sulfide) groups is 1. The van der Waals surface area contributed by atoms with E-state index in [1.165, 1.54) is 24.4 Å². The molecular formula is C27H26N2O2S. The molecule has 0 spiro atoms. The third kappa shape index (κ3) is 4.21. The number of esters is 1. The number of nitrogens with two attached hydrogens (primary N) is 1. The number of allylic oxidation sites excluding steroid dienone is 2. The zero-order chi connectivity index (χ0) is 22.7. The Kier molecular flexibility index (Phi) is 6.47. The molecule has 0 aromatic heterocycles. The van der Waals surface area contributed by atoms with Crippen molar-refractivity contribution in [2.24, 2.45) is 10.7 Å². The number of methoxy groups -OCH3 is 1. The summed E-state index contributed by atoms with van der Waals surface area (Å²) in [6, 6.07) is 20.3. The van der Waals surface area contributed by atoms with E-state index >= 15 is 0 Å². The van der Waals surface area contributed by atoms with Gasteiger partial charge in [0.2, 0.25) is 0 Å². The first-order chi connectivity index (χ1) is 15.5. The molecule has 1 aliphatic carbocycles. The molecule has 0 saturated heterocycles. The summed E-state index contributed by atoms with van der Waals surface area (Å²) in [5, 5.41) is 0. The maximum Gasteiger partial charge on any atom is 0.339 e. The number of nitrogens with zero attached hydrogens (tertiary/aromatic N) is 1. The SMILES string of the molecule is COC(=O)c1c(SC)cc(-c2ccc(C)cc2)c2c1C(C=Nc1ccccc1)=C(N)CC2. The van der Waals surface area contributed by atoms with Crippen molar-refractivity contribution in [3.63, 3.8) is 0 Å². The topological polar surface area (TPSA) is 64.7 Å². The summed E-state index contributed by atoms with van der Waals surface area (Å²) in [6.07, 6.45) is 5.23. The number of aliphatic imine (C=N–C) groups is 1. The Bertz CT molecular complexity index is 1210. The minimum absolute atomic E-state index is 0.360. The van der Waals surface area contributed by atoms with Gasteiger partial charge in [-0.1, -0.05) is 48.0 Å². The summed E-state index contributed by atoms with van der Waals surface area (Å²) < 4.78 is 5.19. The molecule has 32 heavy (non-hydrogen) atoms. The molecule has 5 heteroatoms. The number of aryl methyl sites for hydroxylation is 1. The Morgan fingerprint density at radius 2 is 1.81 bits per heavy atom. The smallest absolute Gasteiger partial charge is 0.339 e.